The van der Waals surface area contributed by atoms with E-state index < -0.39 is 0 Å². The molecule has 4 rings (SSSR count). The Morgan fingerprint density at radius 1 is 1.10 bits per heavy atom. The Balaban J connectivity index is 1.59. The van der Waals surface area contributed by atoms with Crippen molar-refractivity contribution in [2.45, 2.75) is 26.3 Å². The van der Waals surface area contributed by atoms with Crippen molar-refractivity contribution in [1.29, 1.82) is 0 Å². The number of rotatable bonds is 5. The molecule has 0 bridgehead atoms. The number of hydrogen-bond donors (Lipinski definition) is 0. The van der Waals surface area contributed by atoms with Crippen LogP contribution in [0, 0.1) is 11.7 Å². The standard InChI is InChI=1S/C24H24FN3O2S/c1-17(29)27-13-11-20(12-14-27)23(30)28(15-18-7-9-21(25)10-8-18)24-26-22(16-31-24)19-5-3-2-4-6-19/h2-10,16,20H,11-15H2,1H3. The lowest BCUT2D eigenvalue weighted by Gasteiger charge is -2.33. The van der Waals surface area contributed by atoms with E-state index in [-0.39, 0.29) is 23.5 Å². The summed E-state index contributed by atoms with van der Waals surface area (Å²) in [5.74, 6) is -0.429. The molecule has 2 amide bonds. The number of thiazole rings is 1. The van der Waals surface area contributed by atoms with E-state index >= 15 is 0 Å². The summed E-state index contributed by atoms with van der Waals surface area (Å²) in [6.45, 7) is 3.06. The molecule has 5 nitrogen and oxygen atoms in total. The second-order valence-electron chi connectivity index (χ2n) is 7.71. The van der Waals surface area contributed by atoms with Crippen LogP contribution in [0.2, 0.25) is 0 Å². The molecule has 0 aliphatic carbocycles. The fraction of sp³-hybridized carbons (Fsp3) is 0.292. The Labute approximate surface area is 185 Å². The summed E-state index contributed by atoms with van der Waals surface area (Å²) in [4.78, 5) is 33.4. The maximum absolute atomic E-state index is 13.5. The van der Waals surface area contributed by atoms with Crippen molar-refractivity contribution in [2.24, 2.45) is 5.92 Å². The molecule has 2 aromatic carbocycles. The van der Waals surface area contributed by atoms with Crippen LogP contribution >= 0.6 is 11.3 Å². The first-order valence-electron chi connectivity index (χ1n) is 10.3. The molecule has 0 spiro atoms. The highest BCUT2D eigenvalue weighted by atomic mass is 32.1. The summed E-state index contributed by atoms with van der Waals surface area (Å²) < 4.78 is 13.4. The van der Waals surface area contributed by atoms with Crippen LogP contribution in [0.1, 0.15) is 25.3 Å². The Hall–Kier alpha value is -3.06. The molecule has 160 valence electrons. The molecule has 1 saturated heterocycles. The van der Waals surface area contributed by atoms with E-state index in [1.807, 2.05) is 35.7 Å². The molecule has 1 fully saturated rings. The van der Waals surface area contributed by atoms with Crippen molar-refractivity contribution in [3.63, 3.8) is 0 Å². The van der Waals surface area contributed by atoms with Gasteiger partial charge in [-0.05, 0) is 30.5 Å². The van der Waals surface area contributed by atoms with E-state index in [1.54, 1.807) is 28.9 Å². The zero-order chi connectivity index (χ0) is 21.8. The lowest BCUT2D eigenvalue weighted by atomic mass is 9.95. The third-order valence-electron chi connectivity index (χ3n) is 5.60. The van der Waals surface area contributed by atoms with Crippen LogP contribution < -0.4 is 4.90 Å². The summed E-state index contributed by atoms with van der Waals surface area (Å²) in [6.07, 6.45) is 1.27. The summed E-state index contributed by atoms with van der Waals surface area (Å²) in [5, 5.41) is 2.58. The first-order valence-corrected chi connectivity index (χ1v) is 11.2. The van der Waals surface area contributed by atoms with Crippen LogP contribution in [0.15, 0.2) is 60.0 Å². The first kappa shape index (κ1) is 21.2. The predicted octanol–water partition coefficient (Wildman–Crippen LogP) is 4.74. The van der Waals surface area contributed by atoms with E-state index in [0.29, 0.717) is 37.6 Å². The summed E-state index contributed by atoms with van der Waals surface area (Å²) in [7, 11) is 0. The monoisotopic (exact) mass is 437 g/mol. The van der Waals surface area contributed by atoms with Crippen LogP contribution in [0.4, 0.5) is 9.52 Å². The molecule has 1 aliphatic heterocycles. The van der Waals surface area contributed by atoms with Gasteiger partial charge in [-0.2, -0.15) is 0 Å². The SMILES string of the molecule is CC(=O)N1CCC(C(=O)N(Cc2ccc(F)cc2)c2nc(-c3ccccc3)cs2)CC1. The molecule has 3 aromatic rings. The predicted molar refractivity (Wildman–Crippen MR) is 120 cm³/mol. The smallest absolute Gasteiger partial charge is 0.232 e. The van der Waals surface area contributed by atoms with Crippen LogP contribution in [0.25, 0.3) is 11.3 Å². The van der Waals surface area contributed by atoms with Gasteiger partial charge in [0.1, 0.15) is 5.82 Å². The number of piperidine rings is 1. The second-order valence-corrected chi connectivity index (χ2v) is 8.55. The highest BCUT2D eigenvalue weighted by Gasteiger charge is 2.31. The maximum atomic E-state index is 13.5. The first-order chi connectivity index (χ1) is 15.0. The number of carbonyl (C=O) groups is 2. The Bertz CT molecular complexity index is 1040. The van der Waals surface area contributed by atoms with Crippen LogP contribution in [-0.4, -0.2) is 34.8 Å². The van der Waals surface area contributed by atoms with Gasteiger partial charge in [-0.1, -0.05) is 42.5 Å². The normalized spacial score (nSPS) is 14.5. The number of carbonyl (C=O) groups excluding carboxylic acids is 2. The topological polar surface area (TPSA) is 53.5 Å². The minimum atomic E-state index is -0.307. The molecule has 1 aliphatic rings. The van der Waals surface area contributed by atoms with Gasteiger partial charge >= 0.3 is 0 Å². The highest BCUT2D eigenvalue weighted by molar-refractivity contribution is 7.14. The van der Waals surface area contributed by atoms with E-state index in [4.69, 9.17) is 4.98 Å². The molecule has 0 saturated carbocycles. The number of benzene rings is 2. The fourth-order valence-electron chi connectivity index (χ4n) is 3.80. The zero-order valence-corrected chi connectivity index (χ0v) is 18.1. The molecule has 31 heavy (non-hydrogen) atoms. The summed E-state index contributed by atoms with van der Waals surface area (Å²) >= 11 is 1.43. The molecule has 0 atom stereocenters. The second kappa shape index (κ2) is 9.39. The largest absolute Gasteiger partial charge is 0.343 e. The lowest BCUT2D eigenvalue weighted by Crippen LogP contribution is -2.43. The van der Waals surface area contributed by atoms with Gasteiger partial charge in [0.05, 0.1) is 12.2 Å². The van der Waals surface area contributed by atoms with Crippen LogP contribution in [0.3, 0.4) is 0 Å². The van der Waals surface area contributed by atoms with Crippen molar-refractivity contribution in [2.75, 3.05) is 18.0 Å². The van der Waals surface area contributed by atoms with Gasteiger partial charge in [-0.25, -0.2) is 9.37 Å². The Morgan fingerprint density at radius 3 is 2.42 bits per heavy atom. The number of nitrogens with zero attached hydrogens (tertiary/aromatic N) is 3. The number of aromatic nitrogens is 1. The van der Waals surface area contributed by atoms with Gasteiger partial charge in [0.25, 0.3) is 0 Å². The van der Waals surface area contributed by atoms with Crippen molar-refractivity contribution in [3.05, 3.63) is 71.4 Å². The van der Waals surface area contributed by atoms with E-state index in [1.165, 1.54) is 23.5 Å². The Morgan fingerprint density at radius 2 is 1.77 bits per heavy atom. The van der Waals surface area contributed by atoms with Crippen molar-refractivity contribution in [1.82, 2.24) is 9.88 Å². The van der Waals surface area contributed by atoms with Gasteiger partial charge in [0.15, 0.2) is 5.13 Å². The minimum absolute atomic E-state index is 0.00138. The highest BCUT2D eigenvalue weighted by Crippen LogP contribution is 2.31. The number of likely N-dealkylation sites (tertiary alicyclic amines) is 1. The van der Waals surface area contributed by atoms with Gasteiger partial charge in [-0.3, -0.25) is 14.5 Å². The molecule has 0 N–H and O–H groups in total. The molecular formula is C24H24FN3O2S. The van der Waals surface area contributed by atoms with Gasteiger partial charge in [-0.15, -0.1) is 11.3 Å². The fourth-order valence-corrected chi connectivity index (χ4v) is 4.64. The third-order valence-corrected chi connectivity index (χ3v) is 6.47. The van der Waals surface area contributed by atoms with Crippen molar-refractivity contribution < 1.29 is 14.0 Å². The number of hydrogen-bond acceptors (Lipinski definition) is 4. The van der Waals surface area contributed by atoms with E-state index in [9.17, 15) is 14.0 Å². The van der Waals surface area contributed by atoms with Gasteiger partial charge < -0.3 is 4.90 Å². The molecule has 0 radical (unpaired) electrons. The van der Waals surface area contributed by atoms with E-state index in [2.05, 4.69) is 0 Å². The molecular weight excluding hydrogens is 413 g/mol. The van der Waals surface area contributed by atoms with Crippen LogP contribution in [-0.2, 0) is 16.1 Å². The summed E-state index contributed by atoms with van der Waals surface area (Å²) in [5.41, 5.74) is 2.66. The number of halogens is 1. The van der Waals surface area contributed by atoms with Gasteiger partial charge in [0, 0.05) is 36.9 Å². The van der Waals surface area contributed by atoms with E-state index in [0.717, 1.165) is 16.8 Å². The molecule has 0 unspecified atom stereocenters. The molecule has 1 aromatic heterocycles. The van der Waals surface area contributed by atoms with Crippen molar-refractivity contribution >= 4 is 28.3 Å². The molecule has 7 heteroatoms. The lowest BCUT2D eigenvalue weighted by molar-refractivity contribution is -0.133. The quantitative estimate of drug-likeness (QED) is 0.579. The summed E-state index contributed by atoms with van der Waals surface area (Å²) in [6, 6.07) is 16.0. The van der Waals surface area contributed by atoms with Crippen LogP contribution in [0.5, 0.6) is 0 Å². The maximum Gasteiger partial charge on any atom is 0.232 e. The minimum Gasteiger partial charge on any atom is -0.343 e. The average Bonchev–Trinajstić information content (AvgIpc) is 3.29. The average molecular weight is 438 g/mol. The van der Waals surface area contributed by atoms with Crippen molar-refractivity contribution in [3.8, 4) is 11.3 Å². The third kappa shape index (κ3) is 4.99. The molecule has 2 heterocycles. The van der Waals surface area contributed by atoms with Gasteiger partial charge in [0.2, 0.25) is 11.8 Å². The number of amides is 2. The Kier molecular flexibility index (Phi) is 6.42. The zero-order valence-electron chi connectivity index (χ0n) is 17.3. The number of anilines is 1.